The molecule has 0 bridgehead atoms. The van der Waals surface area contributed by atoms with E-state index in [9.17, 15) is 0 Å². The van der Waals surface area contributed by atoms with Gasteiger partial charge in [0.05, 0.1) is 19.3 Å². The minimum Gasteiger partial charge on any atom is -0.373 e. The van der Waals surface area contributed by atoms with E-state index >= 15 is 0 Å². The Balaban J connectivity index is 1.67. The molecule has 4 aromatic carbocycles. The maximum absolute atomic E-state index is 7.06. The third-order valence-corrected chi connectivity index (χ3v) is 6.84. The Kier molecular flexibility index (Phi) is 8.89. The molecular formula is C34H36O2. The fourth-order valence-corrected chi connectivity index (χ4v) is 4.85. The lowest BCUT2D eigenvalue weighted by Gasteiger charge is -2.38. The zero-order valence-corrected chi connectivity index (χ0v) is 21.3. The second-order valence-corrected chi connectivity index (χ2v) is 9.42. The normalized spacial score (nSPS) is 14.1. The summed E-state index contributed by atoms with van der Waals surface area (Å²) in [5.74, 6) is 0.323. The highest BCUT2D eigenvalue weighted by molar-refractivity contribution is 5.47. The molecule has 0 aliphatic heterocycles. The van der Waals surface area contributed by atoms with E-state index in [0.717, 1.165) is 16.7 Å². The van der Waals surface area contributed by atoms with Gasteiger partial charge in [0.1, 0.15) is 5.60 Å². The quantitative estimate of drug-likeness (QED) is 0.152. The SMILES string of the molecule is C=C[C@@H](C)[C@H](OCc1ccccc1)[C@@H](C)COC(c1ccccc1)(c1ccccc1)c1ccccc1. The summed E-state index contributed by atoms with van der Waals surface area (Å²) in [6.07, 6.45) is 1.95. The lowest BCUT2D eigenvalue weighted by molar-refractivity contribution is -0.0707. The van der Waals surface area contributed by atoms with Crippen LogP contribution in [-0.2, 0) is 21.7 Å². The van der Waals surface area contributed by atoms with Gasteiger partial charge in [-0.2, -0.15) is 0 Å². The van der Waals surface area contributed by atoms with E-state index in [4.69, 9.17) is 9.47 Å². The highest BCUT2D eigenvalue weighted by atomic mass is 16.5. The average Bonchev–Trinajstić information content (AvgIpc) is 2.95. The largest absolute Gasteiger partial charge is 0.373 e. The van der Waals surface area contributed by atoms with Gasteiger partial charge in [-0.3, -0.25) is 0 Å². The molecule has 0 aromatic heterocycles. The van der Waals surface area contributed by atoms with E-state index < -0.39 is 5.60 Å². The Labute approximate surface area is 216 Å². The predicted molar refractivity (Wildman–Crippen MR) is 149 cm³/mol. The summed E-state index contributed by atoms with van der Waals surface area (Å²) >= 11 is 0. The Morgan fingerprint density at radius 2 is 1.08 bits per heavy atom. The summed E-state index contributed by atoms with van der Waals surface area (Å²) in [6, 6.07) is 41.8. The van der Waals surface area contributed by atoms with Gasteiger partial charge in [0.15, 0.2) is 0 Å². The number of rotatable bonds is 12. The standard InChI is InChI=1S/C34H36O2/c1-4-27(2)33(35-26-29-17-9-5-10-18-29)28(3)25-36-34(30-19-11-6-12-20-30,31-21-13-7-14-22-31)32-23-15-8-16-24-32/h4-24,27-28,33H,1,25-26H2,2-3H3/t27-,28+,33+/m1/s1. The molecule has 0 radical (unpaired) electrons. The van der Waals surface area contributed by atoms with Crippen molar-refractivity contribution in [2.24, 2.45) is 11.8 Å². The molecule has 0 aliphatic rings. The van der Waals surface area contributed by atoms with Gasteiger partial charge in [0, 0.05) is 11.8 Å². The molecule has 0 amide bonds. The maximum Gasteiger partial charge on any atom is 0.143 e. The van der Waals surface area contributed by atoms with Crippen molar-refractivity contribution in [3.63, 3.8) is 0 Å². The molecule has 2 heteroatoms. The van der Waals surface area contributed by atoms with Crippen LogP contribution < -0.4 is 0 Å². The first-order valence-electron chi connectivity index (χ1n) is 12.7. The maximum atomic E-state index is 7.06. The van der Waals surface area contributed by atoms with Crippen molar-refractivity contribution in [1.29, 1.82) is 0 Å². The Morgan fingerprint density at radius 1 is 0.667 bits per heavy atom. The van der Waals surface area contributed by atoms with E-state index in [-0.39, 0.29) is 17.9 Å². The van der Waals surface area contributed by atoms with Crippen LogP contribution in [-0.4, -0.2) is 12.7 Å². The van der Waals surface area contributed by atoms with Crippen molar-refractivity contribution in [2.45, 2.75) is 32.2 Å². The minimum absolute atomic E-state index is 0.0253. The minimum atomic E-state index is -0.737. The summed E-state index contributed by atoms with van der Waals surface area (Å²) in [5.41, 5.74) is 3.74. The van der Waals surface area contributed by atoms with Crippen LogP contribution in [0, 0.1) is 11.8 Å². The van der Waals surface area contributed by atoms with Crippen LogP contribution in [0.1, 0.15) is 36.1 Å². The fourth-order valence-electron chi connectivity index (χ4n) is 4.85. The van der Waals surface area contributed by atoms with Crippen LogP contribution in [0.3, 0.4) is 0 Å². The van der Waals surface area contributed by atoms with E-state index in [2.05, 4.69) is 105 Å². The van der Waals surface area contributed by atoms with E-state index in [0.29, 0.717) is 13.2 Å². The van der Waals surface area contributed by atoms with E-state index in [1.807, 2.05) is 42.5 Å². The third-order valence-electron chi connectivity index (χ3n) is 6.84. The van der Waals surface area contributed by atoms with Crippen molar-refractivity contribution >= 4 is 0 Å². The van der Waals surface area contributed by atoms with Crippen molar-refractivity contribution in [3.8, 4) is 0 Å². The molecule has 0 saturated carbocycles. The summed E-state index contributed by atoms with van der Waals surface area (Å²) in [7, 11) is 0. The van der Waals surface area contributed by atoms with Gasteiger partial charge in [-0.05, 0) is 22.3 Å². The molecule has 184 valence electrons. The first kappa shape index (κ1) is 25.6. The van der Waals surface area contributed by atoms with Gasteiger partial charge < -0.3 is 9.47 Å². The number of hydrogen-bond donors (Lipinski definition) is 0. The smallest absolute Gasteiger partial charge is 0.143 e. The molecule has 3 atom stereocenters. The first-order valence-corrected chi connectivity index (χ1v) is 12.7. The molecule has 0 aliphatic carbocycles. The first-order chi connectivity index (χ1) is 17.6. The second-order valence-electron chi connectivity index (χ2n) is 9.42. The molecule has 0 fully saturated rings. The van der Waals surface area contributed by atoms with Crippen LogP contribution in [0.4, 0.5) is 0 Å². The molecule has 0 heterocycles. The van der Waals surface area contributed by atoms with Crippen LogP contribution in [0.25, 0.3) is 0 Å². The average molecular weight is 477 g/mol. The molecule has 2 nitrogen and oxygen atoms in total. The molecule has 0 spiro atoms. The van der Waals surface area contributed by atoms with Crippen molar-refractivity contribution in [3.05, 3.63) is 156 Å². The molecule has 0 saturated heterocycles. The van der Waals surface area contributed by atoms with Crippen LogP contribution >= 0.6 is 0 Å². The van der Waals surface area contributed by atoms with Gasteiger partial charge in [-0.25, -0.2) is 0 Å². The van der Waals surface area contributed by atoms with Gasteiger partial charge in [0.2, 0.25) is 0 Å². The summed E-state index contributed by atoms with van der Waals surface area (Å²) < 4.78 is 13.5. The zero-order valence-electron chi connectivity index (χ0n) is 21.3. The third kappa shape index (κ3) is 5.84. The molecule has 0 unspecified atom stereocenters. The Bertz CT molecular complexity index is 1080. The van der Waals surface area contributed by atoms with E-state index in [1.54, 1.807) is 0 Å². The lowest BCUT2D eigenvalue weighted by atomic mass is 9.80. The van der Waals surface area contributed by atoms with Gasteiger partial charge >= 0.3 is 0 Å². The number of ether oxygens (including phenoxy) is 2. The van der Waals surface area contributed by atoms with Crippen LogP contribution in [0.15, 0.2) is 134 Å². The molecule has 0 N–H and O–H groups in total. The molecule has 4 rings (SSSR count). The van der Waals surface area contributed by atoms with Gasteiger partial charge in [-0.1, -0.05) is 141 Å². The van der Waals surface area contributed by atoms with Gasteiger partial charge in [-0.15, -0.1) is 6.58 Å². The highest BCUT2D eigenvalue weighted by Crippen LogP contribution is 2.41. The summed E-state index contributed by atoms with van der Waals surface area (Å²) in [6.45, 7) is 9.51. The Morgan fingerprint density at radius 3 is 1.50 bits per heavy atom. The predicted octanol–water partition coefficient (Wildman–Crippen LogP) is 8.04. The van der Waals surface area contributed by atoms with Crippen molar-refractivity contribution in [1.82, 2.24) is 0 Å². The molecule has 4 aromatic rings. The van der Waals surface area contributed by atoms with Crippen LogP contribution in [0.2, 0.25) is 0 Å². The zero-order chi connectivity index (χ0) is 25.2. The number of hydrogen-bond acceptors (Lipinski definition) is 2. The molecular weight excluding hydrogens is 440 g/mol. The number of benzene rings is 4. The monoisotopic (exact) mass is 476 g/mol. The molecule has 36 heavy (non-hydrogen) atoms. The fraction of sp³-hybridized carbons (Fsp3) is 0.235. The topological polar surface area (TPSA) is 18.5 Å². The van der Waals surface area contributed by atoms with Crippen molar-refractivity contribution in [2.75, 3.05) is 6.61 Å². The summed E-state index contributed by atoms with van der Waals surface area (Å²) in [4.78, 5) is 0. The lowest BCUT2D eigenvalue weighted by Crippen LogP contribution is -2.38. The van der Waals surface area contributed by atoms with Gasteiger partial charge in [0.25, 0.3) is 0 Å². The van der Waals surface area contributed by atoms with E-state index in [1.165, 1.54) is 5.56 Å². The van der Waals surface area contributed by atoms with Crippen molar-refractivity contribution < 1.29 is 9.47 Å². The van der Waals surface area contributed by atoms with Crippen LogP contribution in [0.5, 0.6) is 0 Å². The summed E-state index contributed by atoms with van der Waals surface area (Å²) in [5, 5.41) is 0. The second kappa shape index (κ2) is 12.5. The highest BCUT2D eigenvalue weighted by Gasteiger charge is 2.38. The Hall–Kier alpha value is -3.46.